The van der Waals surface area contributed by atoms with Gasteiger partial charge in [0.1, 0.15) is 17.6 Å². The van der Waals surface area contributed by atoms with E-state index in [2.05, 4.69) is 15.1 Å². The van der Waals surface area contributed by atoms with Gasteiger partial charge in [0, 0.05) is 6.07 Å². The highest BCUT2D eigenvalue weighted by Gasteiger charge is 2.23. The SMILES string of the molecule is COc1ncnc(OC)c1Oc1ccc2ccccc2c1C(=O)OCc1cc(C(C)C)no1. The molecule has 0 saturated heterocycles. The summed E-state index contributed by atoms with van der Waals surface area (Å²) in [6.07, 6.45) is 1.29. The van der Waals surface area contributed by atoms with Gasteiger partial charge < -0.3 is 23.5 Å². The highest BCUT2D eigenvalue weighted by atomic mass is 16.6. The van der Waals surface area contributed by atoms with Crippen LogP contribution in [0.4, 0.5) is 0 Å². The highest BCUT2D eigenvalue weighted by Crippen LogP contribution is 2.39. The fourth-order valence-corrected chi connectivity index (χ4v) is 3.26. The lowest BCUT2D eigenvalue weighted by molar-refractivity contribution is 0.0436. The number of benzene rings is 2. The first-order chi connectivity index (χ1) is 16.0. The average Bonchev–Trinajstić information content (AvgIpc) is 3.32. The number of rotatable bonds is 8. The van der Waals surface area contributed by atoms with E-state index in [4.69, 9.17) is 23.5 Å². The molecule has 0 N–H and O–H groups in total. The van der Waals surface area contributed by atoms with E-state index in [-0.39, 0.29) is 41.3 Å². The Morgan fingerprint density at radius 1 is 1.03 bits per heavy atom. The first-order valence-electron chi connectivity index (χ1n) is 10.3. The number of esters is 1. The topological polar surface area (TPSA) is 106 Å². The van der Waals surface area contributed by atoms with Gasteiger partial charge in [-0.15, -0.1) is 0 Å². The Hall–Kier alpha value is -4.14. The Balaban J connectivity index is 1.71. The van der Waals surface area contributed by atoms with Gasteiger partial charge in [-0.25, -0.2) is 4.79 Å². The molecule has 9 heteroatoms. The first kappa shape index (κ1) is 22.1. The van der Waals surface area contributed by atoms with Crippen LogP contribution in [0.25, 0.3) is 10.8 Å². The van der Waals surface area contributed by atoms with Crippen LogP contribution >= 0.6 is 0 Å². The van der Waals surface area contributed by atoms with Gasteiger partial charge in [0.2, 0.25) is 0 Å². The van der Waals surface area contributed by atoms with Crippen LogP contribution in [0.2, 0.25) is 0 Å². The Kier molecular flexibility index (Phi) is 6.39. The molecule has 0 radical (unpaired) electrons. The molecule has 4 rings (SSSR count). The predicted molar refractivity (Wildman–Crippen MR) is 119 cm³/mol. The second-order valence-electron chi connectivity index (χ2n) is 7.43. The molecule has 170 valence electrons. The van der Waals surface area contributed by atoms with Crippen molar-refractivity contribution in [3.05, 3.63) is 65.8 Å². The minimum Gasteiger partial charge on any atom is -0.478 e. The highest BCUT2D eigenvalue weighted by molar-refractivity contribution is 6.07. The molecule has 0 amide bonds. The normalized spacial score (nSPS) is 10.9. The third-order valence-electron chi connectivity index (χ3n) is 4.95. The molecule has 0 atom stereocenters. The van der Waals surface area contributed by atoms with Crippen LogP contribution in [0.15, 0.2) is 53.3 Å². The van der Waals surface area contributed by atoms with E-state index in [9.17, 15) is 4.79 Å². The van der Waals surface area contributed by atoms with Crippen molar-refractivity contribution < 1.29 is 28.3 Å². The third-order valence-corrected chi connectivity index (χ3v) is 4.95. The number of nitrogens with zero attached hydrogens (tertiary/aromatic N) is 3. The Morgan fingerprint density at radius 3 is 2.42 bits per heavy atom. The Morgan fingerprint density at radius 2 is 1.76 bits per heavy atom. The second-order valence-corrected chi connectivity index (χ2v) is 7.43. The van der Waals surface area contributed by atoms with E-state index >= 15 is 0 Å². The van der Waals surface area contributed by atoms with Crippen molar-refractivity contribution >= 4 is 16.7 Å². The molecule has 2 heterocycles. The molecule has 2 aromatic carbocycles. The zero-order chi connectivity index (χ0) is 23.4. The molecule has 0 aliphatic heterocycles. The molecule has 0 saturated carbocycles. The van der Waals surface area contributed by atoms with Crippen LogP contribution in [0.1, 0.15) is 41.6 Å². The molecule has 9 nitrogen and oxygen atoms in total. The van der Waals surface area contributed by atoms with Gasteiger partial charge >= 0.3 is 5.97 Å². The van der Waals surface area contributed by atoms with E-state index in [1.54, 1.807) is 12.1 Å². The number of ether oxygens (including phenoxy) is 4. The monoisotopic (exact) mass is 449 g/mol. The Bertz CT molecular complexity index is 1260. The van der Waals surface area contributed by atoms with Gasteiger partial charge in [0.25, 0.3) is 17.5 Å². The summed E-state index contributed by atoms with van der Waals surface area (Å²) in [4.78, 5) is 21.3. The molecule has 0 spiro atoms. The summed E-state index contributed by atoms with van der Waals surface area (Å²) >= 11 is 0. The van der Waals surface area contributed by atoms with Crippen molar-refractivity contribution in [2.75, 3.05) is 14.2 Å². The minimum absolute atomic E-state index is 0.0672. The lowest BCUT2D eigenvalue weighted by Crippen LogP contribution is -2.08. The smallest absolute Gasteiger partial charge is 0.343 e. The zero-order valence-electron chi connectivity index (χ0n) is 18.7. The van der Waals surface area contributed by atoms with Gasteiger partial charge in [-0.05, 0) is 22.8 Å². The van der Waals surface area contributed by atoms with Crippen LogP contribution in [-0.2, 0) is 11.3 Å². The van der Waals surface area contributed by atoms with Crippen LogP contribution in [0, 0.1) is 0 Å². The molecule has 0 aliphatic carbocycles. The summed E-state index contributed by atoms with van der Waals surface area (Å²) in [5.41, 5.74) is 1.03. The molecular weight excluding hydrogens is 426 g/mol. The van der Waals surface area contributed by atoms with Gasteiger partial charge in [0.15, 0.2) is 12.4 Å². The van der Waals surface area contributed by atoms with Crippen LogP contribution in [-0.4, -0.2) is 35.3 Å². The maximum Gasteiger partial charge on any atom is 0.343 e. The summed E-state index contributed by atoms with van der Waals surface area (Å²) in [5.74, 6) is 0.784. The van der Waals surface area contributed by atoms with E-state index < -0.39 is 5.97 Å². The maximum absolute atomic E-state index is 13.2. The van der Waals surface area contributed by atoms with Crippen molar-refractivity contribution in [3.63, 3.8) is 0 Å². The van der Waals surface area contributed by atoms with Crippen molar-refractivity contribution in [2.45, 2.75) is 26.4 Å². The van der Waals surface area contributed by atoms with Gasteiger partial charge in [-0.2, -0.15) is 9.97 Å². The molecular formula is C24H23N3O6. The number of carbonyl (C=O) groups excluding carboxylic acids is 1. The number of methoxy groups -OCH3 is 2. The van der Waals surface area contributed by atoms with Crippen molar-refractivity contribution in [1.82, 2.24) is 15.1 Å². The van der Waals surface area contributed by atoms with E-state index in [0.29, 0.717) is 11.1 Å². The lowest BCUT2D eigenvalue weighted by atomic mass is 10.0. The molecule has 0 aliphatic rings. The summed E-state index contributed by atoms with van der Waals surface area (Å²) in [7, 11) is 2.90. The standard InChI is InChI=1S/C24H23N3O6/c1-14(2)18-11-16(33-27-18)12-31-24(28)20-17-8-6-5-7-15(17)9-10-19(20)32-21-22(29-3)25-13-26-23(21)30-4/h5-11,13-14H,12H2,1-4H3. The predicted octanol–water partition coefficient (Wildman–Crippen LogP) is 4.91. The molecule has 0 bridgehead atoms. The fourth-order valence-electron chi connectivity index (χ4n) is 3.26. The van der Waals surface area contributed by atoms with E-state index in [1.165, 1.54) is 20.5 Å². The van der Waals surface area contributed by atoms with Gasteiger partial charge in [-0.3, -0.25) is 0 Å². The largest absolute Gasteiger partial charge is 0.478 e. The van der Waals surface area contributed by atoms with Crippen LogP contribution in [0.5, 0.6) is 23.3 Å². The average molecular weight is 449 g/mol. The summed E-state index contributed by atoms with van der Waals surface area (Å²) in [5, 5.41) is 5.51. The maximum atomic E-state index is 13.2. The number of fused-ring (bicyclic) bond motifs is 1. The summed E-state index contributed by atoms with van der Waals surface area (Å²) in [6.45, 7) is 3.94. The lowest BCUT2D eigenvalue weighted by Gasteiger charge is -2.15. The quantitative estimate of drug-likeness (QED) is 0.347. The number of hydrogen-bond acceptors (Lipinski definition) is 9. The Labute approximate surface area is 190 Å². The molecule has 33 heavy (non-hydrogen) atoms. The molecule has 0 fully saturated rings. The molecule has 2 aromatic heterocycles. The number of aromatic nitrogens is 3. The fraction of sp³-hybridized carbons (Fsp3) is 0.250. The van der Waals surface area contributed by atoms with Crippen molar-refractivity contribution in [2.24, 2.45) is 0 Å². The summed E-state index contributed by atoms with van der Waals surface area (Å²) < 4.78 is 27.5. The molecule has 4 aromatic rings. The van der Waals surface area contributed by atoms with Gasteiger partial charge in [0.05, 0.1) is 19.9 Å². The summed E-state index contributed by atoms with van der Waals surface area (Å²) in [6, 6.07) is 12.7. The number of hydrogen-bond donors (Lipinski definition) is 0. The number of carbonyl (C=O) groups is 1. The van der Waals surface area contributed by atoms with Crippen molar-refractivity contribution in [1.29, 1.82) is 0 Å². The van der Waals surface area contributed by atoms with E-state index in [1.807, 2.05) is 44.2 Å². The first-order valence-corrected chi connectivity index (χ1v) is 10.3. The zero-order valence-corrected chi connectivity index (χ0v) is 18.7. The van der Waals surface area contributed by atoms with Crippen molar-refractivity contribution in [3.8, 4) is 23.3 Å². The minimum atomic E-state index is -0.584. The van der Waals surface area contributed by atoms with Gasteiger partial charge in [-0.1, -0.05) is 49.3 Å². The molecule has 0 unspecified atom stereocenters. The van der Waals surface area contributed by atoms with Crippen LogP contribution < -0.4 is 14.2 Å². The second kappa shape index (κ2) is 9.56. The van der Waals surface area contributed by atoms with Crippen LogP contribution in [0.3, 0.4) is 0 Å². The third kappa shape index (κ3) is 4.57. The van der Waals surface area contributed by atoms with E-state index in [0.717, 1.165) is 11.1 Å².